The zero-order valence-electron chi connectivity index (χ0n) is 10.6. The van der Waals surface area contributed by atoms with E-state index in [9.17, 15) is 4.91 Å². The fourth-order valence-electron chi connectivity index (χ4n) is 3.13. The smallest absolute Gasteiger partial charge is 0.0524 e. The van der Waals surface area contributed by atoms with Crippen LogP contribution in [0.3, 0.4) is 0 Å². The molecule has 0 N–H and O–H groups in total. The highest BCUT2D eigenvalue weighted by Gasteiger charge is 2.45. The zero-order chi connectivity index (χ0) is 12.4. The van der Waals surface area contributed by atoms with Gasteiger partial charge < -0.3 is 0 Å². The summed E-state index contributed by atoms with van der Waals surface area (Å²) in [6.07, 6.45) is 2.40. The van der Waals surface area contributed by atoms with E-state index >= 15 is 0 Å². The van der Waals surface area contributed by atoms with E-state index in [1.165, 1.54) is 18.4 Å². The molecule has 2 saturated heterocycles. The van der Waals surface area contributed by atoms with Crippen molar-refractivity contribution >= 4 is 0 Å². The first-order valence-electron chi connectivity index (χ1n) is 6.64. The number of rotatable bonds is 3. The van der Waals surface area contributed by atoms with Crippen molar-refractivity contribution in [1.82, 2.24) is 9.91 Å². The molecule has 2 heterocycles. The molecule has 0 bridgehead atoms. The minimum Gasteiger partial charge on any atom is -0.299 e. The maximum atomic E-state index is 10.4. The number of benzene rings is 1. The summed E-state index contributed by atoms with van der Waals surface area (Å²) < 4.78 is 0. The lowest BCUT2D eigenvalue weighted by Crippen LogP contribution is -2.58. The average molecular weight is 245 g/mol. The molecule has 0 amide bonds. The van der Waals surface area contributed by atoms with Gasteiger partial charge >= 0.3 is 0 Å². The van der Waals surface area contributed by atoms with E-state index in [4.69, 9.17) is 0 Å². The highest BCUT2D eigenvalue weighted by Crippen LogP contribution is 2.40. The third-order valence-corrected chi connectivity index (χ3v) is 4.32. The zero-order valence-corrected chi connectivity index (χ0v) is 10.6. The molecule has 1 spiro atoms. The molecule has 2 fully saturated rings. The van der Waals surface area contributed by atoms with Gasteiger partial charge in [-0.15, -0.1) is 4.91 Å². The Labute approximate surface area is 108 Å². The molecule has 1 aromatic carbocycles. The number of nitrogens with zero attached hydrogens (tertiary/aromatic N) is 3. The van der Waals surface area contributed by atoms with Crippen molar-refractivity contribution in [2.24, 2.45) is 10.7 Å². The Morgan fingerprint density at radius 2 is 1.78 bits per heavy atom. The van der Waals surface area contributed by atoms with Crippen LogP contribution in [-0.2, 0) is 6.54 Å². The molecule has 0 radical (unpaired) electrons. The van der Waals surface area contributed by atoms with Crippen LogP contribution in [0, 0.1) is 10.3 Å². The number of hydrogen-bond donors (Lipinski definition) is 0. The molecule has 2 aliphatic rings. The second-order valence-electron chi connectivity index (χ2n) is 5.67. The van der Waals surface area contributed by atoms with Gasteiger partial charge in [0, 0.05) is 25.0 Å². The maximum Gasteiger partial charge on any atom is 0.0524 e. The van der Waals surface area contributed by atoms with Crippen molar-refractivity contribution in [2.75, 3.05) is 26.2 Å². The van der Waals surface area contributed by atoms with Crippen LogP contribution in [-0.4, -0.2) is 36.1 Å². The highest BCUT2D eigenvalue weighted by molar-refractivity contribution is 5.14. The van der Waals surface area contributed by atoms with Crippen LogP contribution < -0.4 is 0 Å². The third kappa shape index (κ3) is 2.25. The van der Waals surface area contributed by atoms with E-state index in [0.29, 0.717) is 5.41 Å². The Balaban J connectivity index is 1.50. The van der Waals surface area contributed by atoms with E-state index in [-0.39, 0.29) is 0 Å². The molecule has 3 rings (SSSR count). The summed E-state index contributed by atoms with van der Waals surface area (Å²) in [5.41, 5.74) is 1.78. The lowest BCUT2D eigenvalue weighted by molar-refractivity contribution is -0.0477. The number of likely N-dealkylation sites (tertiary alicyclic amines) is 1. The van der Waals surface area contributed by atoms with Gasteiger partial charge in [-0.25, -0.2) is 0 Å². The van der Waals surface area contributed by atoms with E-state index in [0.717, 1.165) is 32.7 Å². The summed E-state index contributed by atoms with van der Waals surface area (Å²) in [5, 5.41) is 4.65. The SMILES string of the molecule is O=NN1CC2(CCN(Cc3ccccc3)CC2)C1. The quantitative estimate of drug-likeness (QED) is 0.766. The normalized spacial score (nSPS) is 22.8. The van der Waals surface area contributed by atoms with Gasteiger partial charge in [0.25, 0.3) is 0 Å². The number of nitroso groups, excluding NO2 is 1. The van der Waals surface area contributed by atoms with Crippen molar-refractivity contribution in [3.63, 3.8) is 0 Å². The van der Waals surface area contributed by atoms with Gasteiger partial charge in [0.05, 0.1) is 5.29 Å². The molecule has 4 nitrogen and oxygen atoms in total. The van der Waals surface area contributed by atoms with Crippen LogP contribution in [0.1, 0.15) is 18.4 Å². The van der Waals surface area contributed by atoms with Gasteiger partial charge in [0.2, 0.25) is 0 Å². The molecule has 96 valence electrons. The largest absolute Gasteiger partial charge is 0.299 e. The molecule has 0 saturated carbocycles. The Kier molecular flexibility index (Phi) is 3.04. The molecule has 1 aromatic rings. The van der Waals surface area contributed by atoms with E-state index in [2.05, 4.69) is 40.5 Å². The van der Waals surface area contributed by atoms with Gasteiger partial charge in [-0.05, 0) is 31.5 Å². The first kappa shape index (κ1) is 11.7. The Morgan fingerprint density at radius 1 is 1.11 bits per heavy atom. The lowest BCUT2D eigenvalue weighted by atomic mass is 9.73. The molecule has 0 atom stereocenters. The predicted molar refractivity (Wildman–Crippen MR) is 70.8 cm³/mol. The number of piperidine rings is 1. The van der Waals surface area contributed by atoms with Crippen LogP contribution in [0.2, 0.25) is 0 Å². The summed E-state index contributed by atoms with van der Waals surface area (Å²) in [6.45, 7) is 5.07. The van der Waals surface area contributed by atoms with E-state index in [1.807, 2.05) is 0 Å². The van der Waals surface area contributed by atoms with E-state index in [1.54, 1.807) is 5.01 Å². The molecular weight excluding hydrogens is 226 g/mol. The fourth-order valence-corrected chi connectivity index (χ4v) is 3.13. The fraction of sp³-hybridized carbons (Fsp3) is 0.571. The predicted octanol–water partition coefficient (Wildman–Crippen LogP) is 2.27. The van der Waals surface area contributed by atoms with Gasteiger partial charge in [-0.3, -0.25) is 9.91 Å². The third-order valence-electron chi connectivity index (χ3n) is 4.32. The monoisotopic (exact) mass is 245 g/mol. The maximum absolute atomic E-state index is 10.4. The topological polar surface area (TPSA) is 35.9 Å². The molecular formula is C14H19N3O. The van der Waals surface area contributed by atoms with Crippen molar-refractivity contribution in [1.29, 1.82) is 0 Å². The molecule has 4 heteroatoms. The minimum atomic E-state index is 0.390. The molecule has 2 aliphatic heterocycles. The van der Waals surface area contributed by atoms with Gasteiger partial charge in [0.15, 0.2) is 0 Å². The highest BCUT2D eigenvalue weighted by atomic mass is 16.3. The summed E-state index contributed by atoms with van der Waals surface area (Å²) in [7, 11) is 0. The van der Waals surface area contributed by atoms with Gasteiger partial charge in [0.1, 0.15) is 0 Å². The van der Waals surface area contributed by atoms with Crippen molar-refractivity contribution in [3.05, 3.63) is 40.8 Å². The Morgan fingerprint density at radius 3 is 2.39 bits per heavy atom. The van der Waals surface area contributed by atoms with Gasteiger partial charge in [-0.2, -0.15) is 0 Å². The molecule has 0 aromatic heterocycles. The first-order chi connectivity index (χ1) is 8.80. The number of hydrogen-bond acceptors (Lipinski definition) is 3. The first-order valence-corrected chi connectivity index (χ1v) is 6.64. The van der Waals surface area contributed by atoms with Crippen LogP contribution in [0.15, 0.2) is 35.6 Å². The minimum absolute atomic E-state index is 0.390. The Bertz CT molecular complexity index is 404. The Hall–Kier alpha value is -1.42. The second-order valence-corrected chi connectivity index (χ2v) is 5.67. The summed E-state index contributed by atoms with van der Waals surface area (Å²) in [4.78, 5) is 12.9. The standard InChI is InChI=1S/C14H19N3O/c18-15-17-11-14(12-17)6-8-16(9-7-14)10-13-4-2-1-3-5-13/h1-5H,6-12H2. The van der Waals surface area contributed by atoms with E-state index < -0.39 is 0 Å². The lowest BCUT2D eigenvalue weighted by Gasteiger charge is -2.51. The van der Waals surface area contributed by atoms with Crippen LogP contribution in [0.4, 0.5) is 0 Å². The van der Waals surface area contributed by atoms with Crippen molar-refractivity contribution in [3.8, 4) is 0 Å². The van der Waals surface area contributed by atoms with Gasteiger partial charge in [-0.1, -0.05) is 30.3 Å². The summed E-state index contributed by atoms with van der Waals surface area (Å²) >= 11 is 0. The average Bonchev–Trinajstić information content (AvgIpc) is 2.38. The summed E-state index contributed by atoms with van der Waals surface area (Å²) in [6, 6.07) is 10.6. The molecule has 0 unspecified atom stereocenters. The van der Waals surface area contributed by atoms with Crippen molar-refractivity contribution in [2.45, 2.75) is 19.4 Å². The van der Waals surface area contributed by atoms with Crippen LogP contribution >= 0.6 is 0 Å². The summed E-state index contributed by atoms with van der Waals surface area (Å²) in [5.74, 6) is 0. The molecule has 18 heavy (non-hydrogen) atoms. The second kappa shape index (κ2) is 4.69. The molecule has 0 aliphatic carbocycles. The van der Waals surface area contributed by atoms with Crippen molar-refractivity contribution < 1.29 is 0 Å². The van der Waals surface area contributed by atoms with Crippen LogP contribution in [0.5, 0.6) is 0 Å². The van der Waals surface area contributed by atoms with Crippen LogP contribution in [0.25, 0.3) is 0 Å².